The monoisotopic (exact) mass is 271 g/mol. The number of anilines is 1. The second-order valence-corrected chi connectivity index (χ2v) is 4.89. The fraction of sp³-hybridized carbons (Fsp3) is 0.214. The van der Waals surface area contributed by atoms with E-state index in [9.17, 15) is 14.4 Å². The highest BCUT2D eigenvalue weighted by atomic mass is 16.2. The van der Waals surface area contributed by atoms with E-state index in [-0.39, 0.29) is 11.4 Å². The van der Waals surface area contributed by atoms with Crippen LogP contribution in [0.15, 0.2) is 35.5 Å². The lowest BCUT2D eigenvalue weighted by Crippen LogP contribution is -2.60. The first-order valence-electron chi connectivity index (χ1n) is 6.19. The normalized spacial score (nSPS) is 24.1. The molecule has 1 unspecified atom stereocenters. The third-order valence-electron chi connectivity index (χ3n) is 3.62. The molecule has 3 rings (SSSR count). The highest BCUT2D eigenvalue weighted by Crippen LogP contribution is 2.43. The zero-order valence-corrected chi connectivity index (χ0v) is 11.0. The van der Waals surface area contributed by atoms with Crippen LogP contribution in [0.25, 0.3) is 0 Å². The minimum Gasteiger partial charge on any atom is -0.323 e. The van der Waals surface area contributed by atoms with Crippen molar-refractivity contribution in [1.29, 1.82) is 0 Å². The SMILES string of the molecule is CC(=O)C1=C(C)NC(=O)NC12C(=O)Nc1ccccc12. The lowest BCUT2D eigenvalue weighted by molar-refractivity contribution is -0.123. The van der Waals surface area contributed by atoms with Crippen molar-refractivity contribution < 1.29 is 14.4 Å². The first-order chi connectivity index (χ1) is 9.46. The van der Waals surface area contributed by atoms with Gasteiger partial charge >= 0.3 is 6.03 Å². The van der Waals surface area contributed by atoms with E-state index in [1.807, 2.05) is 0 Å². The largest absolute Gasteiger partial charge is 0.323 e. The molecule has 0 bridgehead atoms. The van der Waals surface area contributed by atoms with Crippen molar-refractivity contribution in [2.45, 2.75) is 19.4 Å². The van der Waals surface area contributed by atoms with E-state index in [4.69, 9.17) is 0 Å². The Morgan fingerprint density at radius 3 is 2.55 bits per heavy atom. The quantitative estimate of drug-likeness (QED) is 0.712. The van der Waals surface area contributed by atoms with Crippen LogP contribution in [0, 0.1) is 0 Å². The lowest BCUT2D eigenvalue weighted by Gasteiger charge is -2.35. The predicted molar refractivity (Wildman–Crippen MR) is 71.8 cm³/mol. The molecule has 1 spiro atoms. The van der Waals surface area contributed by atoms with E-state index >= 15 is 0 Å². The van der Waals surface area contributed by atoms with Gasteiger partial charge in [0.15, 0.2) is 11.3 Å². The summed E-state index contributed by atoms with van der Waals surface area (Å²) in [5.41, 5.74) is 0.415. The standard InChI is InChI=1S/C14H13N3O3/c1-7-11(8(2)18)14(17-13(20)15-7)9-5-3-4-6-10(9)16-12(14)19/h3-6H,1-2H3,(H,16,19)(H2,15,17,20). The summed E-state index contributed by atoms with van der Waals surface area (Å²) in [6.07, 6.45) is 0. The fourth-order valence-electron chi connectivity index (χ4n) is 2.94. The average molecular weight is 271 g/mol. The molecule has 2 heterocycles. The third-order valence-corrected chi connectivity index (χ3v) is 3.62. The summed E-state index contributed by atoms with van der Waals surface area (Å²) in [7, 11) is 0. The van der Waals surface area contributed by atoms with E-state index in [0.29, 0.717) is 16.9 Å². The Labute approximate surface area is 115 Å². The number of nitrogens with one attached hydrogen (secondary N) is 3. The minimum absolute atomic E-state index is 0.262. The number of rotatable bonds is 1. The number of carbonyl (C=O) groups excluding carboxylic acids is 3. The van der Waals surface area contributed by atoms with Crippen molar-refractivity contribution in [2.24, 2.45) is 0 Å². The van der Waals surface area contributed by atoms with Gasteiger partial charge in [-0.05, 0) is 19.9 Å². The van der Waals surface area contributed by atoms with Gasteiger partial charge < -0.3 is 16.0 Å². The molecule has 0 fully saturated rings. The summed E-state index contributed by atoms with van der Waals surface area (Å²) in [6.45, 7) is 3.00. The number of allylic oxidation sites excluding steroid dienone is 1. The van der Waals surface area contributed by atoms with Gasteiger partial charge in [0.2, 0.25) is 0 Å². The van der Waals surface area contributed by atoms with E-state index in [2.05, 4.69) is 16.0 Å². The smallest absolute Gasteiger partial charge is 0.320 e. The highest BCUT2D eigenvalue weighted by molar-refractivity contribution is 6.17. The molecular weight excluding hydrogens is 258 g/mol. The lowest BCUT2D eigenvalue weighted by atomic mass is 9.79. The number of urea groups is 1. The molecule has 2 aliphatic heterocycles. The molecule has 0 radical (unpaired) electrons. The molecule has 6 heteroatoms. The van der Waals surface area contributed by atoms with Crippen LogP contribution in [0.3, 0.4) is 0 Å². The number of hydrogen-bond donors (Lipinski definition) is 3. The summed E-state index contributed by atoms with van der Waals surface area (Å²) in [5.74, 6) is -0.681. The summed E-state index contributed by atoms with van der Waals surface area (Å²) >= 11 is 0. The zero-order valence-electron chi connectivity index (χ0n) is 11.0. The maximum absolute atomic E-state index is 12.5. The number of fused-ring (bicyclic) bond motifs is 2. The maximum atomic E-state index is 12.5. The Morgan fingerprint density at radius 2 is 1.85 bits per heavy atom. The van der Waals surface area contributed by atoms with Gasteiger partial charge in [-0.2, -0.15) is 0 Å². The number of carbonyl (C=O) groups is 3. The van der Waals surface area contributed by atoms with E-state index in [0.717, 1.165) is 0 Å². The van der Waals surface area contributed by atoms with Crippen molar-refractivity contribution in [3.8, 4) is 0 Å². The minimum atomic E-state index is -1.44. The molecule has 1 aromatic rings. The molecule has 20 heavy (non-hydrogen) atoms. The molecule has 0 saturated heterocycles. The molecule has 1 atom stereocenters. The van der Waals surface area contributed by atoms with Crippen LogP contribution >= 0.6 is 0 Å². The second kappa shape index (κ2) is 3.93. The molecule has 102 valence electrons. The van der Waals surface area contributed by atoms with Crippen molar-refractivity contribution >= 4 is 23.4 Å². The number of benzene rings is 1. The van der Waals surface area contributed by atoms with Gasteiger partial charge in [-0.1, -0.05) is 18.2 Å². The first-order valence-corrected chi connectivity index (χ1v) is 6.19. The summed E-state index contributed by atoms with van der Waals surface area (Å²) in [4.78, 5) is 36.3. The number of para-hydroxylation sites is 1. The van der Waals surface area contributed by atoms with Crippen molar-refractivity contribution in [3.05, 3.63) is 41.1 Å². The van der Waals surface area contributed by atoms with Gasteiger partial charge in [-0.25, -0.2) is 4.79 Å². The molecule has 0 aromatic heterocycles. The van der Waals surface area contributed by atoms with Gasteiger partial charge in [0.1, 0.15) is 0 Å². The van der Waals surface area contributed by atoms with Crippen LogP contribution in [0.2, 0.25) is 0 Å². The molecule has 2 aliphatic rings. The number of amides is 3. The highest BCUT2D eigenvalue weighted by Gasteiger charge is 2.54. The van der Waals surface area contributed by atoms with Crippen LogP contribution < -0.4 is 16.0 Å². The Hall–Kier alpha value is -2.63. The molecular formula is C14H13N3O3. The van der Waals surface area contributed by atoms with Crippen LogP contribution in [0.1, 0.15) is 19.4 Å². The Balaban J connectivity index is 2.34. The van der Waals surface area contributed by atoms with Crippen LogP contribution in [-0.2, 0) is 15.1 Å². The van der Waals surface area contributed by atoms with Gasteiger partial charge in [0.05, 0.1) is 5.57 Å². The Morgan fingerprint density at radius 1 is 1.15 bits per heavy atom. The fourth-order valence-corrected chi connectivity index (χ4v) is 2.94. The summed E-state index contributed by atoms with van der Waals surface area (Å²) in [5, 5.41) is 7.88. The van der Waals surface area contributed by atoms with Gasteiger partial charge in [0.25, 0.3) is 5.91 Å². The summed E-state index contributed by atoms with van der Waals surface area (Å²) in [6, 6.07) is 6.52. The van der Waals surface area contributed by atoms with Gasteiger partial charge in [-0.3, -0.25) is 9.59 Å². The molecule has 1 aromatic carbocycles. The number of ketones is 1. The number of Topliss-reactive ketones (excluding diaryl/α,β-unsaturated/α-hetero) is 1. The van der Waals surface area contributed by atoms with Crippen LogP contribution in [0.5, 0.6) is 0 Å². The molecule has 6 nitrogen and oxygen atoms in total. The molecule has 3 N–H and O–H groups in total. The van der Waals surface area contributed by atoms with E-state index in [1.54, 1.807) is 31.2 Å². The third kappa shape index (κ3) is 1.41. The zero-order chi connectivity index (χ0) is 14.5. The van der Waals surface area contributed by atoms with Gasteiger partial charge in [-0.15, -0.1) is 0 Å². The van der Waals surface area contributed by atoms with Crippen LogP contribution in [-0.4, -0.2) is 17.7 Å². The molecule has 0 aliphatic carbocycles. The maximum Gasteiger partial charge on any atom is 0.320 e. The van der Waals surface area contributed by atoms with Gasteiger partial charge in [0, 0.05) is 16.9 Å². The topological polar surface area (TPSA) is 87.3 Å². The van der Waals surface area contributed by atoms with E-state index < -0.39 is 17.5 Å². The van der Waals surface area contributed by atoms with Crippen molar-refractivity contribution in [2.75, 3.05) is 5.32 Å². The first kappa shape index (κ1) is 12.4. The van der Waals surface area contributed by atoms with Crippen molar-refractivity contribution in [1.82, 2.24) is 10.6 Å². The number of hydrogen-bond acceptors (Lipinski definition) is 3. The van der Waals surface area contributed by atoms with Crippen molar-refractivity contribution in [3.63, 3.8) is 0 Å². The van der Waals surface area contributed by atoms with E-state index in [1.165, 1.54) is 6.92 Å². The Kier molecular flexibility index (Phi) is 2.44. The summed E-state index contributed by atoms with van der Waals surface area (Å²) < 4.78 is 0. The molecule has 0 saturated carbocycles. The molecule has 3 amide bonds. The average Bonchev–Trinajstić information content (AvgIpc) is 2.62. The predicted octanol–water partition coefficient (Wildman–Crippen LogP) is 1.01. The Bertz CT molecular complexity index is 693. The second-order valence-electron chi connectivity index (χ2n) is 4.89. The van der Waals surface area contributed by atoms with Crippen LogP contribution in [0.4, 0.5) is 10.5 Å².